The Morgan fingerprint density at radius 3 is 2.74 bits per heavy atom. The number of para-hydroxylation sites is 2. The van der Waals surface area contributed by atoms with Crippen molar-refractivity contribution in [3.8, 4) is 22.9 Å². The first kappa shape index (κ1) is 17.1. The van der Waals surface area contributed by atoms with Crippen LogP contribution < -0.4 is 14.8 Å². The SMILES string of the molecule is O=C(Cn1ccnc1-c1ccccc1)NCCC1COc2ccccc2O1. The van der Waals surface area contributed by atoms with E-state index in [1.165, 1.54) is 0 Å². The van der Waals surface area contributed by atoms with E-state index >= 15 is 0 Å². The molecule has 0 fully saturated rings. The van der Waals surface area contributed by atoms with Crippen molar-refractivity contribution in [1.82, 2.24) is 14.9 Å². The summed E-state index contributed by atoms with van der Waals surface area (Å²) in [6.07, 6.45) is 4.15. The zero-order valence-corrected chi connectivity index (χ0v) is 14.9. The maximum atomic E-state index is 12.3. The number of fused-ring (bicyclic) bond motifs is 1. The fourth-order valence-corrected chi connectivity index (χ4v) is 3.07. The molecule has 1 unspecified atom stereocenters. The van der Waals surface area contributed by atoms with Crippen molar-refractivity contribution in [3.05, 3.63) is 67.0 Å². The van der Waals surface area contributed by atoms with Crippen molar-refractivity contribution in [2.24, 2.45) is 0 Å². The summed E-state index contributed by atoms with van der Waals surface area (Å²) in [4.78, 5) is 16.7. The number of nitrogens with zero attached hydrogens (tertiary/aromatic N) is 2. The molecule has 0 bridgehead atoms. The van der Waals surface area contributed by atoms with Crippen LogP contribution in [0.3, 0.4) is 0 Å². The van der Waals surface area contributed by atoms with E-state index in [9.17, 15) is 4.79 Å². The summed E-state index contributed by atoms with van der Waals surface area (Å²) >= 11 is 0. The van der Waals surface area contributed by atoms with E-state index in [1.54, 1.807) is 6.20 Å². The molecule has 1 amide bonds. The average Bonchev–Trinajstić information content (AvgIpc) is 3.16. The summed E-state index contributed by atoms with van der Waals surface area (Å²) in [6, 6.07) is 17.5. The van der Waals surface area contributed by atoms with Gasteiger partial charge in [-0.25, -0.2) is 4.98 Å². The van der Waals surface area contributed by atoms with Crippen LogP contribution in [0.15, 0.2) is 67.0 Å². The lowest BCUT2D eigenvalue weighted by atomic mass is 10.2. The monoisotopic (exact) mass is 363 g/mol. The van der Waals surface area contributed by atoms with E-state index in [1.807, 2.05) is 65.4 Å². The smallest absolute Gasteiger partial charge is 0.239 e. The zero-order valence-electron chi connectivity index (χ0n) is 14.9. The molecule has 0 saturated heterocycles. The van der Waals surface area contributed by atoms with Crippen LogP contribution in [0.25, 0.3) is 11.4 Å². The van der Waals surface area contributed by atoms with Crippen molar-refractivity contribution >= 4 is 5.91 Å². The summed E-state index contributed by atoms with van der Waals surface area (Å²) in [5.74, 6) is 2.26. The number of carbonyl (C=O) groups is 1. The molecular formula is C21H21N3O3. The van der Waals surface area contributed by atoms with Gasteiger partial charge in [0.25, 0.3) is 0 Å². The Bertz CT molecular complexity index is 908. The highest BCUT2D eigenvalue weighted by molar-refractivity contribution is 5.76. The Morgan fingerprint density at radius 1 is 1.11 bits per heavy atom. The van der Waals surface area contributed by atoms with Crippen LogP contribution in [-0.4, -0.2) is 34.7 Å². The molecule has 1 aliphatic rings. The van der Waals surface area contributed by atoms with Gasteiger partial charge < -0.3 is 19.4 Å². The fraction of sp³-hybridized carbons (Fsp3) is 0.238. The van der Waals surface area contributed by atoms with E-state index in [0.29, 0.717) is 19.6 Å². The maximum Gasteiger partial charge on any atom is 0.239 e. The second-order valence-electron chi connectivity index (χ2n) is 6.38. The zero-order chi connectivity index (χ0) is 18.5. The molecule has 1 N–H and O–H groups in total. The minimum Gasteiger partial charge on any atom is -0.486 e. The lowest BCUT2D eigenvalue weighted by molar-refractivity contribution is -0.121. The Morgan fingerprint density at radius 2 is 1.89 bits per heavy atom. The first-order valence-electron chi connectivity index (χ1n) is 9.01. The van der Waals surface area contributed by atoms with E-state index in [4.69, 9.17) is 9.47 Å². The predicted molar refractivity (Wildman–Crippen MR) is 102 cm³/mol. The molecular weight excluding hydrogens is 342 g/mol. The second kappa shape index (κ2) is 7.95. The van der Waals surface area contributed by atoms with E-state index in [0.717, 1.165) is 22.9 Å². The van der Waals surface area contributed by atoms with Gasteiger partial charge in [0.05, 0.1) is 0 Å². The standard InChI is InChI=1S/C21H21N3O3/c25-20(14-24-13-12-23-21(24)16-6-2-1-3-7-16)22-11-10-17-15-26-18-8-4-5-9-19(18)27-17/h1-9,12-13,17H,10-11,14-15H2,(H,22,25). The number of benzene rings is 2. The van der Waals surface area contributed by atoms with Crippen LogP contribution in [0.2, 0.25) is 0 Å². The topological polar surface area (TPSA) is 65.4 Å². The van der Waals surface area contributed by atoms with E-state index in [2.05, 4.69) is 10.3 Å². The van der Waals surface area contributed by atoms with Crippen molar-refractivity contribution in [2.45, 2.75) is 19.1 Å². The highest BCUT2D eigenvalue weighted by Crippen LogP contribution is 2.31. The molecule has 138 valence electrons. The molecule has 0 saturated carbocycles. The van der Waals surface area contributed by atoms with Gasteiger partial charge in [-0.15, -0.1) is 0 Å². The number of nitrogens with one attached hydrogen (secondary N) is 1. The molecule has 2 aromatic carbocycles. The van der Waals surface area contributed by atoms with Crippen LogP contribution in [0, 0.1) is 0 Å². The van der Waals surface area contributed by atoms with Gasteiger partial charge in [0, 0.05) is 30.9 Å². The van der Waals surface area contributed by atoms with Crippen LogP contribution in [0.1, 0.15) is 6.42 Å². The van der Waals surface area contributed by atoms with Crippen molar-refractivity contribution in [3.63, 3.8) is 0 Å². The molecule has 1 aromatic heterocycles. The number of aromatic nitrogens is 2. The molecule has 0 aliphatic carbocycles. The summed E-state index contributed by atoms with van der Waals surface area (Å²) in [5, 5.41) is 2.95. The predicted octanol–water partition coefficient (Wildman–Crippen LogP) is 2.90. The molecule has 0 spiro atoms. The highest BCUT2D eigenvalue weighted by atomic mass is 16.6. The molecule has 4 rings (SSSR count). The summed E-state index contributed by atoms with van der Waals surface area (Å²) in [7, 11) is 0. The van der Waals surface area contributed by atoms with Gasteiger partial charge in [-0.05, 0) is 12.1 Å². The minimum atomic E-state index is -0.0617. The third-order valence-corrected chi connectivity index (χ3v) is 4.42. The third-order valence-electron chi connectivity index (χ3n) is 4.42. The van der Waals surface area contributed by atoms with Gasteiger partial charge in [-0.1, -0.05) is 42.5 Å². The number of imidazole rings is 1. The van der Waals surface area contributed by atoms with Gasteiger partial charge in [0.15, 0.2) is 11.5 Å². The van der Waals surface area contributed by atoms with Gasteiger partial charge in [-0.2, -0.15) is 0 Å². The Hall–Kier alpha value is -3.28. The average molecular weight is 363 g/mol. The normalized spacial score (nSPS) is 15.3. The Kier molecular flexibility index (Phi) is 5.05. The molecule has 27 heavy (non-hydrogen) atoms. The molecule has 2 heterocycles. The fourth-order valence-electron chi connectivity index (χ4n) is 3.07. The lowest BCUT2D eigenvalue weighted by Crippen LogP contribution is -2.35. The molecule has 6 heteroatoms. The first-order chi connectivity index (χ1) is 13.3. The quantitative estimate of drug-likeness (QED) is 0.731. The van der Waals surface area contributed by atoms with Gasteiger partial charge in [0.2, 0.25) is 5.91 Å². The van der Waals surface area contributed by atoms with Crippen molar-refractivity contribution in [2.75, 3.05) is 13.2 Å². The van der Waals surface area contributed by atoms with Crippen LogP contribution in [0.5, 0.6) is 11.5 Å². The molecule has 1 aliphatic heterocycles. The van der Waals surface area contributed by atoms with Crippen LogP contribution >= 0.6 is 0 Å². The molecule has 3 aromatic rings. The minimum absolute atomic E-state index is 0.0534. The van der Waals surface area contributed by atoms with Gasteiger partial charge in [-0.3, -0.25) is 4.79 Å². The number of carbonyl (C=O) groups excluding carboxylic acids is 1. The third kappa shape index (κ3) is 4.11. The number of hydrogen-bond acceptors (Lipinski definition) is 4. The van der Waals surface area contributed by atoms with E-state index in [-0.39, 0.29) is 18.6 Å². The number of hydrogen-bond donors (Lipinski definition) is 1. The highest BCUT2D eigenvalue weighted by Gasteiger charge is 2.20. The van der Waals surface area contributed by atoms with Crippen molar-refractivity contribution < 1.29 is 14.3 Å². The van der Waals surface area contributed by atoms with Crippen molar-refractivity contribution in [1.29, 1.82) is 0 Å². The maximum absolute atomic E-state index is 12.3. The first-order valence-corrected chi connectivity index (χ1v) is 9.01. The molecule has 0 radical (unpaired) electrons. The Balaban J connectivity index is 1.27. The number of rotatable bonds is 6. The molecule has 1 atom stereocenters. The van der Waals surface area contributed by atoms with E-state index < -0.39 is 0 Å². The number of amides is 1. The lowest BCUT2D eigenvalue weighted by Gasteiger charge is -2.26. The second-order valence-corrected chi connectivity index (χ2v) is 6.38. The van der Waals surface area contributed by atoms with Gasteiger partial charge in [0.1, 0.15) is 25.1 Å². The number of ether oxygens (including phenoxy) is 2. The van der Waals surface area contributed by atoms with Crippen LogP contribution in [0.4, 0.5) is 0 Å². The summed E-state index contributed by atoms with van der Waals surface area (Å²) in [5.41, 5.74) is 0.988. The summed E-state index contributed by atoms with van der Waals surface area (Å²) < 4.78 is 13.4. The largest absolute Gasteiger partial charge is 0.486 e. The van der Waals surface area contributed by atoms with Crippen LogP contribution in [-0.2, 0) is 11.3 Å². The summed E-state index contributed by atoms with van der Waals surface area (Å²) in [6.45, 7) is 1.26. The molecule has 6 nitrogen and oxygen atoms in total. The Labute approximate surface area is 157 Å². The van der Waals surface area contributed by atoms with Gasteiger partial charge >= 0.3 is 0 Å².